The predicted molar refractivity (Wildman–Crippen MR) is 59.8 cm³/mol. The number of aryl methyl sites for hydroxylation is 1. The fourth-order valence-corrected chi connectivity index (χ4v) is 1.26. The van der Waals surface area contributed by atoms with Crippen LogP contribution in [-0.4, -0.2) is 9.97 Å². The summed E-state index contributed by atoms with van der Waals surface area (Å²) in [5, 5.41) is 0. The van der Waals surface area contributed by atoms with Crippen molar-refractivity contribution in [1.29, 1.82) is 0 Å². The second-order valence-electron chi connectivity index (χ2n) is 2.47. The third-order valence-electron chi connectivity index (χ3n) is 1.63. The van der Waals surface area contributed by atoms with Gasteiger partial charge in [-0.15, -0.1) is 12.6 Å². The predicted octanol–water partition coefficient (Wildman–Crippen LogP) is 3.10. The van der Waals surface area contributed by atoms with E-state index in [1.54, 1.807) is 12.4 Å². The lowest BCUT2D eigenvalue weighted by molar-refractivity contribution is 0.537. The summed E-state index contributed by atoms with van der Waals surface area (Å²) in [7, 11) is 0. The lowest BCUT2D eigenvalue weighted by atomic mass is 10.4. The average Bonchev–Trinajstić information content (AvgIpc) is 2.65. The SMILES string of the molecule is CC.CCc1nc2c(S)cncc2o1. The Labute approximate surface area is 89.0 Å². The molecule has 4 heteroatoms. The van der Waals surface area contributed by atoms with Crippen LogP contribution in [0.15, 0.2) is 21.7 Å². The maximum absolute atomic E-state index is 5.38. The van der Waals surface area contributed by atoms with E-state index in [-0.39, 0.29) is 0 Å². The number of oxazole rings is 1. The Morgan fingerprint density at radius 2 is 2.07 bits per heavy atom. The fraction of sp³-hybridized carbons (Fsp3) is 0.400. The molecule has 0 aliphatic heterocycles. The van der Waals surface area contributed by atoms with Crippen LogP contribution in [0.25, 0.3) is 11.1 Å². The zero-order valence-electron chi connectivity index (χ0n) is 8.61. The highest BCUT2D eigenvalue weighted by atomic mass is 32.1. The Balaban J connectivity index is 0.000000461. The lowest BCUT2D eigenvalue weighted by Gasteiger charge is -1.87. The van der Waals surface area contributed by atoms with Crippen molar-refractivity contribution in [2.45, 2.75) is 32.1 Å². The zero-order chi connectivity index (χ0) is 10.6. The van der Waals surface area contributed by atoms with Crippen LogP contribution in [0, 0.1) is 0 Å². The number of hydrogen-bond acceptors (Lipinski definition) is 4. The Hall–Kier alpha value is -1.03. The standard InChI is InChI=1S/C8H8N2OS.C2H6/c1-2-7-10-8-5(11-7)3-9-4-6(8)12;1-2/h3-4,12H,2H2,1H3;1-2H3. The monoisotopic (exact) mass is 210 g/mol. The second-order valence-corrected chi connectivity index (χ2v) is 2.95. The number of hydrogen-bond donors (Lipinski definition) is 1. The molecule has 0 fully saturated rings. The normalized spacial score (nSPS) is 9.71. The first-order valence-electron chi connectivity index (χ1n) is 4.73. The van der Waals surface area contributed by atoms with Gasteiger partial charge < -0.3 is 4.42 Å². The molecule has 0 aliphatic rings. The first kappa shape index (κ1) is 11.0. The molecule has 0 bridgehead atoms. The Morgan fingerprint density at radius 3 is 2.64 bits per heavy atom. The van der Waals surface area contributed by atoms with Crippen LogP contribution >= 0.6 is 12.6 Å². The maximum Gasteiger partial charge on any atom is 0.195 e. The summed E-state index contributed by atoms with van der Waals surface area (Å²) in [5.74, 6) is 0.730. The van der Waals surface area contributed by atoms with Gasteiger partial charge in [0.05, 0.1) is 11.1 Å². The maximum atomic E-state index is 5.38. The van der Waals surface area contributed by atoms with Crippen LogP contribution in [0.1, 0.15) is 26.7 Å². The number of aromatic nitrogens is 2. The highest BCUT2D eigenvalue weighted by molar-refractivity contribution is 7.80. The summed E-state index contributed by atoms with van der Waals surface area (Å²) < 4.78 is 5.38. The molecule has 0 atom stereocenters. The van der Waals surface area contributed by atoms with Gasteiger partial charge in [0, 0.05) is 12.6 Å². The van der Waals surface area contributed by atoms with Crippen LogP contribution in [0.4, 0.5) is 0 Å². The van der Waals surface area contributed by atoms with Gasteiger partial charge in [0.1, 0.15) is 5.52 Å². The first-order chi connectivity index (χ1) is 6.81. The van der Waals surface area contributed by atoms with Gasteiger partial charge in [-0.2, -0.15) is 0 Å². The lowest BCUT2D eigenvalue weighted by Crippen LogP contribution is -1.77. The van der Waals surface area contributed by atoms with Gasteiger partial charge in [0.15, 0.2) is 11.5 Å². The Bertz CT molecular complexity index is 411. The van der Waals surface area contributed by atoms with Crippen molar-refractivity contribution in [3.63, 3.8) is 0 Å². The second kappa shape index (κ2) is 5.00. The molecule has 0 unspecified atom stereocenters. The molecule has 0 amide bonds. The highest BCUT2D eigenvalue weighted by Gasteiger charge is 2.05. The first-order valence-corrected chi connectivity index (χ1v) is 5.18. The minimum atomic E-state index is 0.708. The van der Waals surface area contributed by atoms with Crippen molar-refractivity contribution in [2.24, 2.45) is 0 Å². The van der Waals surface area contributed by atoms with Crippen molar-refractivity contribution in [3.05, 3.63) is 18.3 Å². The zero-order valence-corrected chi connectivity index (χ0v) is 9.51. The van der Waals surface area contributed by atoms with E-state index in [2.05, 4.69) is 22.6 Å². The molecule has 2 aromatic rings. The van der Waals surface area contributed by atoms with Crippen molar-refractivity contribution in [1.82, 2.24) is 9.97 Å². The van der Waals surface area contributed by atoms with Gasteiger partial charge in [-0.25, -0.2) is 4.98 Å². The topological polar surface area (TPSA) is 38.9 Å². The molecule has 76 valence electrons. The van der Waals surface area contributed by atoms with E-state index in [0.29, 0.717) is 5.58 Å². The number of rotatable bonds is 1. The van der Waals surface area contributed by atoms with E-state index >= 15 is 0 Å². The highest BCUT2D eigenvalue weighted by Crippen LogP contribution is 2.20. The molecule has 0 radical (unpaired) electrons. The number of thiol groups is 1. The van der Waals surface area contributed by atoms with Crippen LogP contribution in [0.3, 0.4) is 0 Å². The number of pyridine rings is 1. The summed E-state index contributed by atoms with van der Waals surface area (Å²) >= 11 is 4.22. The summed E-state index contributed by atoms with van der Waals surface area (Å²) in [6, 6.07) is 0. The van der Waals surface area contributed by atoms with Crippen molar-refractivity contribution in [2.75, 3.05) is 0 Å². The van der Waals surface area contributed by atoms with E-state index < -0.39 is 0 Å². The summed E-state index contributed by atoms with van der Waals surface area (Å²) in [4.78, 5) is 8.96. The van der Waals surface area contributed by atoms with Crippen LogP contribution < -0.4 is 0 Å². The van der Waals surface area contributed by atoms with Crippen molar-refractivity contribution >= 4 is 23.7 Å². The fourth-order valence-electron chi connectivity index (χ4n) is 1.04. The van der Waals surface area contributed by atoms with Gasteiger partial charge in [-0.1, -0.05) is 20.8 Å². The molecule has 0 aromatic carbocycles. The largest absolute Gasteiger partial charge is 0.439 e. The van der Waals surface area contributed by atoms with Crippen molar-refractivity contribution in [3.8, 4) is 0 Å². The number of nitrogens with zero attached hydrogens (tertiary/aromatic N) is 2. The molecule has 0 saturated heterocycles. The van der Waals surface area contributed by atoms with Gasteiger partial charge in [0.25, 0.3) is 0 Å². The molecular formula is C10H14N2OS. The third-order valence-corrected chi connectivity index (χ3v) is 1.96. The molecule has 2 rings (SSSR count). The van der Waals surface area contributed by atoms with E-state index in [1.165, 1.54) is 0 Å². The minimum absolute atomic E-state index is 0.708. The Kier molecular flexibility index (Phi) is 3.95. The van der Waals surface area contributed by atoms with Gasteiger partial charge in [0.2, 0.25) is 0 Å². The van der Waals surface area contributed by atoms with E-state index in [0.717, 1.165) is 22.7 Å². The molecule has 0 spiro atoms. The van der Waals surface area contributed by atoms with Gasteiger partial charge in [-0.3, -0.25) is 4.98 Å². The molecule has 3 nitrogen and oxygen atoms in total. The Morgan fingerprint density at radius 1 is 1.36 bits per heavy atom. The van der Waals surface area contributed by atoms with Gasteiger partial charge in [-0.05, 0) is 0 Å². The van der Waals surface area contributed by atoms with Crippen molar-refractivity contribution < 1.29 is 4.42 Å². The van der Waals surface area contributed by atoms with Crippen LogP contribution in [0.2, 0.25) is 0 Å². The molecule has 2 heterocycles. The van der Waals surface area contributed by atoms with Gasteiger partial charge >= 0.3 is 0 Å². The summed E-state index contributed by atoms with van der Waals surface area (Å²) in [6.45, 7) is 6.00. The molecule has 0 N–H and O–H groups in total. The third kappa shape index (κ3) is 2.07. The smallest absolute Gasteiger partial charge is 0.195 e. The molecule has 2 aromatic heterocycles. The molecule has 0 aliphatic carbocycles. The average molecular weight is 210 g/mol. The molecule has 14 heavy (non-hydrogen) atoms. The van der Waals surface area contributed by atoms with E-state index in [9.17, 15) is 0 Å². The van der Waals surface area contributed by atoms with E-state index in [4.69, 9.17) is 4.42 Å². The van der Waals surface area contributed by atoms with Crippen LogP contribution in [0.5, 0.6) is 0 Å². The quantitative estimate of drug-likeness (QED) is 0.735. The summed E-state index contributed by atoms with van der Waals surface area (Å²) in [6.07, 6.45) is 4.11. The van der Waals surface area contributed by atoms with Crippen LogP contribution in [-0.2, 0) is 6.42 Å². The number of fused-ring (bicyclic) bond motifs is 1. The van der Waals surface area contributed by atoms with E-state index in [1.807, 2.05) is 20.8 Å². The minimum Gasteiger partial charge on any atom is -0.439 e. The molecule has 0 saturated carbocycles. The molecular weight excluding hydrogens is 196 g/mol. The summed E-state index contributed by atoms with van der Waals surface area (Å²) in [5.41, 5.74) is 1.50.